The van der Waals surface area contributed by atoms with Crippen LogP contribution in [0.5, 0.6) is 0 Å². The smallest absolute Gasteiger partial charge is 0.306 e. The second kappa shape index (κ2) is 7.45. The third-order valence-electron chi connectivity index (χ3n) is 4.66. The number of carbonyl (C=O) groups is 2. The van der Waals surface area contributed by atoms with Gasteiger partial charge in [-0.3, -0.25) is 9.59 Å². The Labute approximate surface area is 141 Å². The first kappa shape index (κ1) is 16.5. The zero-order chi connectivity index (χ0) is 16.9. The van der Waals surface area contributed by atoms with Crippen molar-refractivity contribution >= 4 is 28.3 Å². The predicted octanol–water partition coefficient (Wildman–Crippen LogP) is 2.97. The standard InChI is InChI=1S/C19H22N2O3/c22-18(10-13-21-11-8-15(9-12-21)19(23)24)20-17-7-3-5-14-4-1-2-6-16(14)17/h1-7,15H,8-13H2,(H,20,22)(H,23,24). The van der Waals surface area contributed by atoms with Crippen LogP contribution in [0.25, 0.3) is 10.8 Å². The van der Waals surface area contributed by atoms with Crippen LogP contribution in [0.3, 0.4) is 0 Å². The zero-order valence-corrected chi connectivity index (χ0v) is 13.6. The summed E-state index contributed by atoms with van der Waals surface area (Å²) in [7, 11) is 0. The minimum atomic E-state index is -0.705. The summed E-state index contributed by atoms with van der Waals surface area (Å²) in [5.41, 5.74) is 0.836. The van der Waals surface area contributed by atoms with E-state index in [2.05, 4.69) is 10.2 Å². The molecule has 0 radical (unpaired) electrons. The van der Waals surface area contributed by atoms with E-state index in [0.29, 0.717) is 25.8 Å². The molecule has 0 atom stereocenters. The molecular formula is C19H22N2O3. The van der Waals surface area contributed by atoms with Gasteiger partial charge in [0, 0.05) is 24.0 Å². The average Bonchev–Trinajstić information content (AvgIpc) is 2.61. The van der Waals surface area contributed by atoms with Gasteiger partial charge in [-0.1, -0.05) is 36.4 Å². The Balaban J connectivity index is 1.52. The van der Waals surface area contributed by atoms with E-state index in [1.807, 2.05) is 42.5 Å². The van der Waals surface area contributed by atoms with Gasteiger partial charge in [0.15, 0.2) is 0 Å². The van der Waals surface area contributed by atoms with Crippen LogP contribution in [0, 0.1) is 5.92 Å². The van der Waals surface area contributed by atoms with Gasteiger partial charge in [-0.25, -0.2) is 0 Å². The van der Waals surface area contributed by atoms with Crippen molar-refractivity contribution in [3.8, 4) is 0 Å². The zero-order valence-electron chi connectivity index (χ0n) is 13.6. The number of benzene rings is 2. The lowest BCUT2D eigenvalue weighted by Crippen LogP contribution is -2.37. The van der Waals surface area contributed by atoms with Gasteiger partial charge >= 0.3 is 5.97 Å². The molecule has 0 aromatic heterocycles. The second-order valence-electron chi connectivity index (χ2n) is 6.28. The van der Waals surface area contributed by atoms with Crippen LogP contribution in [0.1, 0.15) is 19.3 Å². The lowest BCUT2D eigenvalue weighted by atomic mass is 9.97. The van der Waals surface area contributed by atoms with E-state index in [1.165, 1.54) is 0 Å². The number of nitrogens with one attached hydrogen (secondary N) is 1. The summed E-state index contributed by atoms with van der Waals surface area (Å²) in [5, 5.41) is 14.1. The number of aliphatic carboxylic acids is 1. The topological polar surface area (TPSA) is 69.6 Å². The molecule has 1 aliphatic heterocycles. The summed E-state index contributed by atoms with van der Waals surface area (Å²) < 4.78 is 0. The van der Waals surface area contributed by atoms with Crippen LogP contribution in [-0.4, -0.2) is 41.5 Å². The van der Waals surface area contributed by atoms with Crippen molar-refractivity contribution < 1.29 is 14.7 Å². The first-order chi connectivity index (χ1) is 11.6. The fraction of sp³-hybridized carbons (Fsp3) is 0.368. The van der Waals surface area contributed by atoms with E-state index >= 15 is 0 Å². The second-order valence-corrected chi connectivity index (χ2v) is 6.28. The van der Waals surface area contributed by atoms with E-state index in [-0.39, 0.29) is 11.8 Å². The van der Waals surface area contributed by atoms with Gasteiger partial charge in [-0.2, -0.15) is 0 Å². The monoisotopic (exact) mass is 326 g/mol. The fourth-order valence-electron chi connectivity index (χ4n) is 3.21. The number of carboxylic acids is 1. The molecule has 126 valence electrons. The van der Waals surface area contributed by atoms with E-state index in [0.717, 1.165) is 29.5 Å². The molecule has 5 nitrogen and oxygen atoms in total. The Bertz CT molecular complexity index is 731. The number of hydrogen-bond acceptors (Lipinski definition) is 3. The summed E-state index contributed by atoms with van der Waals surface area (Å²) in [5.74, 6) is -0.944. The van der Waals surface area contributed by atoms with Crippen LogP contribution in [0.4, 0.5) is 5.69 Å². The SMILES string of the molecule is O=C(CCN1CCC(C(=O)O)CC1)Nc1cccc2ccccc12. The maximum atomic E-state index is 12.2. The van der Waals surface area contributed by atoms with Crippen molar-refractivity contribution in [3.63, 3.8) is 0 Å². The van der Waals surface area contributed by atoms with Crippen LogP contribution in [0.2, 0.25) is 0 Å². The van der Waals surface area contributed by atoms with Crippen LogP contribution < -0.4 is 5.32 Å². The van der Waals surface area contributed by atoms with Gasteiger partial charge in [-0.05, 0) is 37.4 Å². The summed E-state index contributed by atoms with van der Waals surface area (Å²) in [4.78, 5) is 25.4. The summed E-state index contributed by atoms with van der Waals surface area (Å²) >= 11 is 0. The maximum Gasteiger partial charge on any atom is 0.306 e. The van der Waals surface area contributed by atoms with Crippen LogP contribution >= 0.6 is 0 Å². The molecule has 3 rings (SSSR count). The highest BCUT2D eigenvalue weighted by atomic mass is 16.4. The Kier molecular flexibility index (Phi) is 5.11. The van der Waals surface area contributed by atoms with Crippen molar-refractivity contribution in [2.75, 3.05) is 25.0 Å². The predicted molar refractivity (Wildman–Crippen MR) is 94.0 cm³/mol. The van der Waals surface area contributed by atoms with E-state index in [1.54, 1.807) is 0 Å². The Hall–Kier alpha value is -2.40. The number of hydrogen-bond donors (Lipinski definition) is 2. The molecule has 0 aliphatic carbocycles. The van der Waals surface area contributed by atoms with Crippen molar-refractivity contribution in [3.05, 3.63) is 42.5 Å². The summed E-state index contributed by atoms with van der Waals surface area (Å²) in [6.07, 6.45) is 1.75. The molecule has 2 aromatic rings. The molecule has 1 aliphatic rings. The molecule has 1 heterocycles. The van der Waals surface area contributed by atoms with Gasteiger partial charge in [0.05, 0.1) is 5.92 Å². The van der Waals surface area contributed by atoms with E-state index in [9.17, 15) is 9.59 Å². The first-order valence-corrected chi connectivity index (χ1v) is 8.36. The van der Waals surface area contributed by atoms with E-state index in [4.69, 9.17) is 5.11 Å². The van der Waals surface area contributed by atoms with Gasteiger partial charge < -0.3 is 15.3 Å². The number of nitrogens with zero attached hydrogens (tertiary/aromatic N) is 1. The molecule has 0 saturated carbocycles. The number of fused-ring (bicyclic) bond motifs is 1. The molecule has 2 aromatic carbocycles. The van der Waals surface area contributed by atoms with Crippen molar-refractivity contribution in [2.45, 2.75) is 19.3 Å². The lowest BCUT2D eigenvalue weighted by Gasteiger charge is -2.29. The molecular weight excluding hydrogens is 304 g/mol. The number of rotatable bonds is 5. The van der Waals surface area contributed by atoms with Gasteiger partial charge in [-0.15, -0.1) is 0 Å². The molecule has 0 unspecified atom stereocenters. The maximum absolute atomic E-state index is 12.2. The molecule has 24 heavy (non-hydrogen) atoms. The average molecular weight is 326 g/mol. The molecule has 0 bridgehead atoms. The van der Waals surface area contributed by atoms with Gasteiger partial charge in [0.25, 0.3) is 0 Å². The molecule has 1 saturated heterocycles. The fourth-order valence-corrected chi connectivity index (χ4v) is 3.21. The van der Waals surface area contributed by atoms with Crippen molar-refractivity contribution in [1.82, 2.24) is 4.90 Å². The quantitative estimate of drug-likeness (QED) is 0.886. The molecule has 2 N–H and O–H groups in total. The molecule has 0 spiro atoms. The minimum absolute atomic E-state index is 0.00767. The van der Waals surface area contributed by atoms with Crippen molar-refractivity contribution in [2.24, 2.45) is 5.92 Å². The summed E-state index contributed by atoms with van der Waals surface area (Å²) in [6.45, 7) is 2.17. The Morgan fingerprint density at radius 1 is 1.08 bits per heavy atom. The highest BCUT2D eigenvalue weighted by Gasteiger charge is 2.24. The van der Waals surface area contributed by atoms with Crippen molar-refractivity contribution in [1.29, 1.82) is 0 Å². The third-order valence-corrected chi connectivity index (χ3v) is 4.66. The van der Waals surface area contributed by atoms with Crippen LogP contribution in [-0.2, 0) is 9.59 Å². The number of carbonyl (C=O) groups excluding carboxylic acids is 1. The molecule has 1 fully saturated rings. The number of carboxylic acid groups (broad SMARTS) is 1. The first-order valence-electron chi connectivity index (χ1n) is 8.36. The number of piperidine rings is 1. The minimum Gasteiger partial charge on any atom is -0.481 e. The normalized spacial score (nSPS) is 16.2. The van der Waals surface area contributed by atoms with Crippen LogP contribution in [0.15, 0.2) is 42.5 Å². The Morgan fingerprint density at radius 2 is 1.79 bits per heavy atom. The van der Waals surface area contributed by atoms with E-state index < -0.39 is 5.97 Å². The number of likely N-dealkylation sites (tertiary alicyclic amines) is 1. The molecule has 1 amide bonds. The highest BCUT2D eigenvalue weighted by molar-refractivity contribution is 6.02. The van der Waals surface area contributed by atoms with Gasteiger partial charge in [0.1, 0.15) is 0 Å². The number of amides is 1. The lowest BCUT2D eigenvalue weighted by molar-refractivity contribution is -0.143. The third kappa shape index (κ3) is 3.92. The number of anilines is 1. The largest absolute Gasteiger partial charge is 0.481 e. The van der Waals surface area contributed by atoms with Gasteiger partial charge in [0.2, 0.25) is 5.91 Å². The highest BCUT2D eigenvalue weighted by Crippen LogP contribution is 2.23. The Morgan fingerprint density at radius 3 is 2.54 bits per heavy atom. The summed E-state index contributed by atoms with van der Waals surface area (Å²) in [6, 6.07) is 13.9. The molecule has 5 heteroatoms.